The second-order valence-electron chi connectivity index (χ2n) is 5.97. The molecule has 1 saturated heterocycles. The molecular weight excluding hydrogens is 356 g/mol. The van der Waals surface area contributed by atoms with Crippen molar-refractivity contribution in [1.82, 2.24) is 20.4 Å². The quantitative estimate of drug-likeness (QED) is 0.833. The Kier molecular flexibility index (Phi) is 5.80. The van der Waals surface area contributed by atoms with Crippen LogP contribution in [0.2, 0.25) is 0 Å². The Morgan fingerprint density at radius 3 is 2.91 bits per heavy atom. The molecule has 1 fully saturated rings. The molecule has 1 aromatic carbocycles. The van der Waals surface area contributed by atoms with E-state index in [2.05, 4.69) is 43.2 Å². The minimum atomic E-state index is 0.609. The van der Waals surface area contributed by atoms with Gasteiger partial charge in [-0.15, -0.1) is 0 Å². The van der Waals surface area contributed by atoms with E-state index in [1.54, 1.807) is 0 Å². The lowest BCUT2D eigenvalue weighted by molar-refractivity contribution is 0.137. The Labute approximate surface area is 145 Å². The summed E-state index contributed by atoms with van der Waals surface area (Å²) >= 11 is 3.48. The van der Waals surface area contributed by atoms with Gasteiger partial charge in [-0.05, 0) is 51.0 Å². The highest BCUT2D eigenvalue weighted by Crippen LogP contribution is 2.21. The van der Waals surface area contributed by atoms with Crippen molar-refractivity contribution in [3.63, 3.8) is 0 Å². The van der Waals surface area contributed by atoms with Crippen molar-refractivity contribution in [3.05, 3.63) is 34.6 Å². The van der Waals surface area contributed by atoms with Crippen LogP contribution in [0.5, 0.6) is 0 Å². The summed E-state index contributed by atoms with van der Waals surface area (Å²) in [6.07, 6.45) is 3.51. The average molecular weight is 379 g/mol. The van der Waals surface area contributed by atoms with Gasteiger partial charge in [0.15, 0.2) is 0 Å². The number of benzene rings is 1. The van der Waals surface area contributed by atoms with Crippen LogP contribution in [0.1, 0.15) is 32.1 Å². The maximum atomic E-state index is 5.49. The highest BCUT2D eigenvalue weighted by Gasteiger charge is 2.22. The minimum absolute atomic E-state index is 0.609. The summed E-state index contributed by atoms with van der Waals surface area (Å²) in [7, 11) is 0. The molecule has 0 aliphatic carbocycles. The summed E-state index contributed by atoms with van der Waals surface area (Å²) in [6, 6.07) is 8.58. The van der Waals surface area contributed by atoms with Crippen LogP contribution in [0.3, 0.4) is 0 Å². The van der Waals surface area contributed by atoms with Crippen LogP contribution in [0.15, 0.2) is 33.3 Å². The molecule has 2 aromatic rings. The lowest BCUT2D eigenvalue weighted by atomic mass is 10.0. The van der Waals surface area contributed by atoms with E-state index in [-0.39, 0.29) is 0 Å². The summed E-state index contributed by atoms with van der Waals surface area (Å²) < 4.78 is 6.51. The zero-order chi connectivity index (χ0) is 16.1. The second kappa shape index (κ2) is 8.04. The fourth-order valence-electron chi connectivity index (χ4n) is 3.09. The topological polar surface area (TPSA) is 54.2 Å². The van der Waals surface area contributed by atoms with Crippen molar-refractivity contribution in [2.45, 2.75) is 38.8 Å². The number of nitrogens with zero attached hydrogens (tertiary/aromatic N) is 3. The maximum Gasteiger partial charge on any atom is 0.241 e. The summed E-state index contributed by atoms with van der Waals surface area (Å²) in [6.45, 7) is 6.21. The molecule has 1 N–H and O–H groups in total. The van der Waals surface area contributed by atoms with Crippen LogP contribution in [0.25, 0.3) is 11.4 Å². The molecule has 6 heteroatoms. The van der Waals surface area contributed by atoms with Gasteiger partial charge in [-0.1, -0.05) is 40.1 Å². The fraction of sp³-hybridized carbons (Fsp3) is 0.529. The van der Waals surface area contributed by atoms with E-state index in [0.717, 1.165) is 42.6 Å². The Morgan fingerprint density at radius 1 is 1.35 bits per heavy atom. The predicted octanol–water partition coefficient (Wildman–Crippen LogP) is 3.46. The highest BCUT2D eigenvalue weighted by atomic mass is 79.9. The van der Waals surface area contributed by atoms with Crippen LogP contribution in [-0.2, 0) is 6.54 Å². The number of aromatic nitrogens is 2. The zero-order valence-electron chi connectivity index (χ0n) is 13.5. The van der Waals surface area contributed by atoms with Crippen LogP contribution in [-0.4, -0.2) is 40.7 Å². The molecule has 0 amide bonds. The number of hydrogen-bond acceptors (Lipinski definition) is 5. The fourth-order valence-corrected chi connectivity index (χ4v) is 3.49. The number of piperidine rings is 1. The molecule has 124 valence electrons. The minimum Gasteiger partial charge on any atom is -0.338 e. The molecule has 1 aliphatic heterocycles. The number of halogens is 1. The van der Waals surface area contributed by atoms with Crippen LogP contribution in [0.4, 0.5) is 0 Å². The molecule has 1 aliphatic rings. The molecule has 3 rings (SSSR count). The number of nitrogens with one attached hydrogen (secondary N) is 1. The third kappa shape index (κ3) is 4.40. The molecule has 5 nitrogen and oxygen atoms in total. The smallest absolute Gasteiger partial charge is 0.241 e. The molecule has 0 atom stereocenters. The Bertz CT molecular complexity index is 625. The van der Waals surface area contributed by atoms with E-state index >= 15 is 0 Å². The standard InChI is InChI=1S/C17H23BrN4O/c1-2-10-22(15-6-8-19-9-7-15)12-16-20-17(21-23-16)13-4-3-5-14(18)11-13/h3-5,11,15,19H,2,6-10,12H2,1H3. The van der Waals surface area contributed by atoms with Gasteiger partial charge >= 0.3 is 0 Å². The largest absolute Gasteiger partial charge is 0.338 e. The Morgan fingerprint density at radius 2 is 2.17 bits per heavy atom. The third-order valence-corrected chi connectivity index (χ3v) is 4.72. The van der Waals surface area contributed by atoms with Gasteiger partial charge in [0.05, 0.1) is 6.54 Å². The van der Waals surface area contributed by atoms with Gasteiger partial charge in [-0.25, -0.2) is 0 Å². The van der Waals surface area contributed by atoms with Gasteiger partial charge in [-0.3, -0.25) is 4.90 Å². The van der Waals surface area contributed by atoms with E-state index in [1.807, 2.05) is 24.3 Å². The zero-order valence-corrected chi connectivity index (χ0v) is 15.1. The van der Waals surface area contributed by atoms with Gasteiger partial charge in [0.25, 0.3) is 0 Å². The third-order valence-electron chi connectivity index (χ3n) is 4.23. The molecule has 1 aromatic heterocycles. The molecular formula is C17H23BrN4O. The molecule has 0 saturated carbocycles. The maximum absolute atomic E-state index is 5.49. The summed E-state index contributed by atoms with van der Waals surface area (Å²) in [5.74, 6) is 1.36. The first-order chi connectivity index (χ1) is 11.3. The van der Waals surface area contributed by atoms with E-state index in [1.165, 1.54) is 12.8 Å². The van der Waals surface area contributed by atoms with E-state index < -0.39 is 0 Å². The first kappa shape index (κ1) is 16.6. The molecule has 0 bridgehead atoms. The first-order valence-electron chi connectivity index (χ1n) is 8.29. The molecule has 0 spiro atoms. The van der Waals surface area contributed by atoms with Crippen molar-refractivity contribution >= 4 is 15.9 Å². The second-order valence-corrected chi connectivity index (χ2v) is 6.89. The molecule has 0 unspecified atom stereocenters. The summed E-state index contributed by atoms with van der Waals surface area (Å²) in [5.41, 5.74) is 0.971. The van der Waals surface area contributed by atoms with E-state index in [0.29, 0.717) is 17.8 Å². The highest BCUT2D eigenvalue weighted by molar-refractivity contribution is 9.10. The molecule has 23 heavy (non-hydrogen) atoms. The van der Waals surface area contributed by atoms with Gasteiger partial charge in [0.1, 0.15) is 0 Å². The number of rotatable bonds is 6. The van der Waals surface area contributed by atoms with Crippen molar-refractivity contribution in [1.29, 1.82) is 0 Å². The number of hydrogen-bond donors (Lipinski definition) is 1. The van der Waals surface area contributed by atoms with Crippen LogP contribution in [0, 0.1) is 0 Å². The van der Waals surface area contributed by atoms with Gasteiger partial charge in [0, 0.05) is 16.1 Å². The van der Waals surface area contributed by atoms with E-state index in [4.69, 9.17) is 4.52 Å². The summed E-state index contributed by atoms with van der Waals surface area (Å²) in [4.78, 5) is 7.07. The monoisotopic (exact) mass is 378 g/mol. The molecule has 2 heterocycles. The van der Waals surface area contributed by atoms with Crippen molar-refractivity contribution < 1.29 is 4.52 Å². The van der Waals surface area contributed by atoms with Gasteiger partial charge < -0.3 is 9.84 Å². The SMILES string of the molecule is CCCN(Cc1nc(-c2cccc(Br)c2)no1)C1CCNCC1. The lowest BCUT2D eigenvalue weighted by Crippen LogP contribution is -2.43. The van der Waals surface area contributed by atoms with Gasteiger partial charge in [-0.2, -0.15) is 4.98 Å². The first-order valence-corrected chi connectivity index (χ1v) is 9.09. The van der Waals surface area contributed by atoms with Crippen molar-refractivity contribution in [2.24, 2.45) is 0 Å². The Hall–Kier alpha value is -1.24. The average Bonchev–Trinajstić information content (AvgIpc) is 3.04. The summed E-state index contributed by atoms with van der Waals surface area (Å²) in [5, 5.41) is 7.56. The normalized spacial score (nSPS) is 16.1. The predicted molar refractivity (Wildman–Crippen MR) is 94.0 cm³/mol. The Balaban J connectivity index is 1.71. The molecule has 0 radical (unpaired) electrons. The lowest BCUT2D eigenvalue weighted by Gasteiger charge is -2.33. The van der Waals surface area contributed by atoms with Crippen molar-refractivity contribution in [2.75, 3.05) is 19.6 Å². The van der Waals surface area contributed by atoms with Crippen LogP contribution >= 0.6 is 15.9 Å². The van der Waals surface area contributed by atoms with Crippen LogP contribution < -0.4 is 5.32 Å². The van der Waals surface area contributed by atoms with Gasteiger partial charge in [0.2, 0.25) is 11.7 Å². The van der Waals surface area contributed by atoms with Crippen molar-refractivity contribution in [3.8, 4) is 11.4 Å². The van der Waals surface area contributed by atoms with E-state index in [9.17, 15) is 0 Å².